The van der Waals surface area contributed by atoms with Gasteiger partial charge in [0, 0.05) is 4.47 Å². The Labute approximate surface area is 96.7 Å². The fourth-order valence-corrected chi connectivity index (χ4v) is 2.55. The van der Waals surface area contributed by atoms with Gasteiger partial charge in [-0.25, -0.2) is 0 Å². The number of hydrogen-bond donors (Lipinski definition) is 1. The van der Waals surface area contributed by atoms with Crippen LogP contribution in [0.1, 0.15) is 18.1 Å². The van der Waals surface area contributed by atoms with E-state index in [-0.39, 0.29) is 0 Å². The largest absolute Gasteiger partial charge is 0.481 e. The molecule has 0 fully saturated rings. The van der Waals surface area contributed by atoms with Crippen LogP contribution in [0.25, 0.3) is 5.57 Å². The molecule has 0 amide bonds. The van der Waals surface area contributed by atoms with Gasteiger partial charge in [0.1, 0.15) is 0 Å². The fraction of sp³-hybridized carbons (Fsp3) is 0.250. The summed E-state index contributed by atoms with van der Waals surface area (Å²) in [5.41, 5.74) is 3.19. The zero-order valence-corrected chi connectivity index (χ0v) is 9.91. The van der Waals surface area contributed by atoms with E-state index in [1.54, 1.807) is 6.92 Å². The third-order valence-corrected chi connectivity index (χ3v) is 3.43. The Hall–Kier alpha value is -1.09. The topological polar surface area (TPSA) is 37.3 Å². The molecule has 1 aliphatic rings. The Kier molecular flexibility index (Phi) is 2.65. The van der Waals surface area contributed by atoms with Crippen LogP contribution < -0.4 is 0 Å². The van der Waals surface area contributed by atoms with Gasteiger partial charge in [-0.05, 0) is 36.1 Å². The number of benzene rings is 1. The van der Waals surface area contributed by atoms with Crippen LogP contribution in [0.2, 0.25) is 0 Å². The maximum absolute atomic E-state index is 11.0. The van der Waals surface area contributed by atoms with Gasteiger partial charge in [-0.15, -0.1) is 0 Å². The van der Waals surface area contributed by atoms with Crippen LogP contribution in [0, 0.1) is 5.92 Å². The molecular weight excluding hydrogens is 256 g/mol. The van der Waals surface area contributed by atoms with E-state index in [1.165, 1.54) is 5.56 Å². The third-order valence-electron chi connectivity index (χ3n) is 2.77. The second-order valence-corrected chi connectivity index (χ2v) is 4.55. The minimum absolute atomic E-state index is 0.440. The van der Waals surface area contributed by atoms with Crippen LogP contribution >= 0.6 is 15.9 Å². The molecule has 1 aromatic carbocycles. The molecule has 1 aromatic rings. The minimum Gasteiger partial charge on any atom is -0.481 e. The van der Waals surface area contributed by atoms with Gasteiger partial charge in [0.15, 0.2) is 0 Å². The molecule has 0 radical (unpaired) electrons. The van der Waals surface area contributed by atoms with Crippen LogP contribution in [0.3, 0.4) is 0 Å². The highest BCUT2D eigenvalue weighted by Gasteiger charge is 2.25. The highest BCUT2D eigenvalue weighted by molar-refractivity contribution is 9.10. The molecule has 15 heavy (non-hydrogen) atoms. The van der Waals surface area contributed by atoms with Crippen molar-refractivity contribution >= 4 is 27.5 Å². The van der Waals surface area contributed by atoms with Crippen molar-refractivity contribution in [2.75, 3.05) is 0 Å². The van der Waals surface area contributed by atoms with E-state index in [1.807, 2.05) is 24.3 Å². The Morgan fingerprint density at radius 1 is 1.53 bits per heavy atom. The first-order chi connectivity index (χ1) is 7.11. The lowest BCUT2D eigenvalue weighted by Crippen LogP contribution is -2.11. The van der Waals surface area contributed by atoms with Crippen molar-refractivity contribution in [2.24, 2.45) is 5.92 Å². The molecule has 0 spiro atoms. The molecule has 2 rings (SSSR count). The van der Waals surface area contributed by atoms with Crippen molar-refractivity contribution in [1.82, 2.24) is 0 Å². The maximum Gasteiger partial charge on any atom is 0.310 e. The quantitative estimate of drug-likeness (QED) is 0.893. The predicted molar refractivity (Wildman–Crippen MR) is 62.6 cm³/mol. The molecule has 0 bridgehead atoms. The number of hydrogen-bond acceptors (Lipinski definition) is 1. The van der Waals surface area contributed by atoms with Crippen molar-refractivity contribution in [1.29, 1.82) is 0 Å². The minimum atomic E-state index is -0.773. The smallest absolute Gasteiger partial charge is 0.310 e. The molecule has 1 unspecified atom stereocenters. The molecule has 0 saturated heterocycles. The number of carboxylic acids is 1. The zero-order valence-electron chi connectivity index (χ0n) is 8.33. The van der Waals surface area contributed by atoms with Crippen LogP contribution in [0.4, 0.5) is 0 Å². The summed E-state index contributed by atoms with van der Waals surface area (Å²) in [5.74, 6) is -1.21. The van der Waals surface area contributed by atoms with Gasteiger partial charge in [-0.3, -0.25) is 4.79 Å². The number of carboxylic acid groups (broad SMARTS) is 1. The number of fused-ring (bicyclic) bond motifs is 1. The first-order valence-electron chi connectivity index (χ1n) is 4.82. The molecule has 0 heterocycles. The normalized spacial score (nSPS) is 15.7. The average Bonchev–Trinajstić information content (AvgIpc) is 2.61. The van der Waals surface area contributed by atoms with Crippen LogP contribution in [0.5, 0.6) is 0 Å². The summed E-state index contributed by atoms with van der Waals surface area (Å²) in [5, 5.41) is 9.00. The summed E-state index contributed by atoms with van der Waals surface area (Å²) < 4.78 is 0.983. The molecule has 1 atom stereocenters. The van der Waals surface area contributed by atoms with E-state index < -0.39 is 11.9 Å². The van der Waals surface area contributed by atoms with Gasteiger partial charge >= 0.3 is 5.97 Å². The van der Waals surface area contributed by atoms with E-state index in [0.717, 1.165) is 22.0 Å². The Bertz CT molecular complexity index is 449. The Morgan fingerprint density at radius 3 is 2.93 bits per heavy atom. The van der Waals surface area contributed by atoms with E-state index in [2.05, 4.69) is 15.9 Å². The van der Waals surface area contributed by atoms with Gasteiger partial charge in [0.05, 0.1) is 5.92 Å². The van der Waals surface area contributed by atoms with Crippen molar-refractivity contribution in [3.8, 4) is 0 Å². The lowest BCUT2D eigenvalue weighted by molar-refractivity contribution is -0.139. The maximum atomic E-state index is 11.0. The van der Waals surface area contributed by atoms with Gasteiger partial charge in [0.25, 0.3) is 0 Å². The fourth-order valence-electron chi connectivity index (χ4n) is 1.91. The Morgan fingerprint density at radius 2 is 2.27 bits per heavy atom. The SMILES string of the molecule is CC(C(=O)O)C1=CCc2cccc(Br)c21. The summed E-state index contributed by atoms with van der Waals surface area (Å²) in [7, 11) is 0. The average molecular weight is 267 g/mol. The van der Waals surface area contributed by atoms with Crippen LogP contribution in [0.15, 0.2) is 28.7 Å². The van der Waals surface area contributed by atoms with Gasteiger partial charge in [-0.2, -0.15) is 0 Å². The lowest BCUT2D eigenvalue weighted by Gasteiger charge is -2.11. The van der Waals surface area contributed by atoms with E-state index in [4.69, 9.17) is 5.11 Å². The number of allylic oxidation sites excluding steroid dienone is 1. The molecular formula is C12H11BrO2. The summed E-state index contributed by atoms with van der Waals surface area (Å²) in [4.78, 5) is 11.0. The summed E-state index contributed by atoms with van der Waals surface area (Å²) in [6, 6.07) is 5.97. The predicted octanol–water partition coefficient (Wildman–Crippen LogP) is 3.11. The van der Waals surface area contributed by atoms with Gasteiger partial charge in [0.2, 0.25) is 0 Å². The monoisotopic (exact) mass is 266 g/mol. The second kappa shape index (κ2) is 3.81. The van der Waals surface area contributed by atoms with E-state index in [0.29, 0.717) is 0 Å². The number of halogens is 1. The lowest BCUT2D eigenvalue weighted by atomic mass is 9.95. The second-order valence-electron chi connectivity index (χ2n) is 3.70. The molecule has 78 valence electrons. The van der Waals surface area contributed by atoms with Crippen molar-refractivity contribution in [2.45, 2.75) is 13.3 Å². The first-order valence-corrected chi connectivity index (χ1v) is 5.61. The van der Waals surface area contributed by atoms with Gasteiger partial charge < -0.3 is 5.11 Å². The number of rotatable bonds is 2. The summed E-state index contributed by atoms with van der Waals surface area (Å²) >= 11 is 3.47. The van der Waals surface area contributed by atoms with Gasteiger partial charge in [-0.1, -0.05) is 34.1 Å². The van der Waals surface area contributed by atoms with Crippen molar-refractivity contribution in [3.05, 3.63) is 39.9 Å². The molecule has 1 aliphatic carbocycles. The molecule has 0 saturated carbocycles. The van der Waals surface area contributed by atoms with Crippen molar-refractivity contribution < 1.29 is 9.90 Å². The van der Waals surface area contributed by atoms with E-state index >= 15 is 0 Å². The van der Waals surface area contributed by atoms with E-state index in [9.17, 15) is 4.79 Å². The molecule has 2 nitrogen and oxygen atoms in total. The molecule has 0 aliphatic heterocycles. The molecule has 3 heteroatoms. The third kappa shape index (κ3) is 1.72. The highest BCUT2D eigenvalue weighted by atomic mass is 79.9. The van der Waals surface area contributed by atoms with Crippen molar-refractivity contribution in [3.63, 3.8) is 0 Å². The zero-order chi connectivity index (χ0) is 11.0. The highest BCUT2D eigenvalue weighted by Crippen LogP contribution is 2.37. The Balaban J connectivity index is 2.47. The summed E-state index contributed by atoms with van der Waals surface area (Å²) in [6.45, 7) is 1.72. The van der Waals surface area contributed by atoms with Crippen LogP contribution in [-0.2, 0) is 11.2 Å². The van der Waals surface area contributed by atoms with Crippen LogP contribution in [-0.4, -0.2) is 11.1 Å². The molecule has 0 aromatic heterocycles. The number of carbonyl (C=O) groups is 1. The first kappa shape index (κ1) is 10.4. The number of aliphatic carboxylic acids is 1. The standard InChI is InChI=1S/C12H11BrO2/c1-7(12(14)15)9-6-5-8-3-2-4-10(13)11(8)9/h2-4,6-7H,5H2,1H3,(H,14,15). The molecule has 1 N–H and O–H groups in total. The summed E-state index contributed by atoms with van der Waals surface area (Å²) in [6.07, 6.45) is 2.84.